The SMILES string of the molecule is COCCOCC(O)c1cc(F)ccc1F. The van der Waals surface area contributed by atoms with E-state index in [-0.39, 0.29) is 12.2 Å². The summed E-state index contributed by atoms with van der Waals surface area (Å²) in [4.78, 5) is 0. The highest BCUT2D eigenvalue weighted by atomic mass is 19.1. The molecule has 0 spiro atoms. The fraction of sp³-hybridized carbons (Fsp3) is 0.455. The molecule has 5 heteroatoms. The lowest BCUT2D eigenvalue weighted by Gasteiger charge is -2.12. The minimum absolute atomic E-state index is 0.0935. The van der Waals surface area contributed by atoms with E-state index in [4.69, 9.17) is 9.47 Å². The molecule has 1 aromatic carbocycles. The minimum atomic E-state index is -1.17. The number of aliphatic hydroxyl groups is 1. The number of ether oxygens (including phenoxy) is 2. The minimum Gasteiger partial charge on any atom is -0.386 e. The van der Waals surface area contributed by atoms with Crippen molar-refractivity contribution in [1.82, 2.24) is 0 Å². The maximum absolute atomic E-state index is 13.2. The fourth-order valence-corrected chi connectivity index (χ4v) is 1.20. The van der Waals surface area contributed by atoms with E-state index in [1.807, 2.05) is 0 Å². The Balaban J connectivity index is 2.51. The Bertz CT molecular complexity index is 331. The highest BCUT2D eigenvalue weighted by Crippen LogP contribution is 2.18. The third-order valence-corrected chi connectivity index (χ3v) is 2.02. The summed E-state index contributed by atoms with van der Waals surface area (Å²) in [6.07, 6.45) is -1.17. The maximum atomic E-state index is 13.2. The van der Waals surface area contributed by atoms with E-state index in [9.17, 15) is 13.9 Å². The molecule has 90 valence electrons. The van der Waals surface area contributed by atoms with Gasteiger partial charge in [-0.25, -0.2) is 8.78 Å². The number of benzene rings is 1. The Hall–Kier alpha value is -1.04. The van der Waals surface area contributed by atoms with Crippen molar-refractivity contribution in [1.29, 1.82) is 0 Å². The molecule has 0 bridgehead atoms. The van der Waals surface area contributed by atoms with E-state index >= 15 is 0 Å². The summed E-state index contributed by atoms with van der Waals surface area (Å²) in [7, 11) is 1.52. The zero-order valence-corrected chi connectivity index (χ0v) is 8.95. The average Bonchev–Trinajstić information content (AvgIpc) is 2.27. The molecule has 0 aliphatic rings. The Morgan fingerprint density at radius 1 is 1.31 bits per heavy atom. The van der Waals surface area contributed by atoms with Crippen LogP contribution in [-0.2, 0) is 9.47 Å². The van der Waals surface area contributed by atoms with Crippen LogP contribution in [0.4, 0.5) is 8.78 Å². The number of hydrogen-bond donors (Lipinski definition) is 1. The van der Waals surface area contributed by atoms with E-state index in [1.165, 1.54) is 7.11 Å². The van der Waals surface area contributed by atoms with E-state index in [0.717, 1.165) is 18.2 Å². The number of aliphatic hydroxyl groups excluding tert-OH is 1. The molecule has 3 nitrogen and oxygen atoms in total. The lowest BCUT2D eigenvalue weighted by Crippen LogP contribution is -2.12. The lowest BCUT2D eigenvalue weighted by atomic mass is 10.1. The van der Waals surface area contributed by atoms with Crippen LogP contribution < -0.4 is 0 Å². The summed E-state index contributed by atoms with van der Waals surface area (Å²) in [5.74, 6) is -1.24. The van der Waals surface area contributed by atoms with Crippen LogP contribution in [0.3, 0.4) is 0 Å². The first kappa shape index (κ1) is 13.0. The van der Waals surface area contributed by atoms with Crippen LogP contribution in [0.15, 0.2) is 18.2 Å². The second-order valence-electron chi connectivity index (χ2n) is 3.25. The van der Waals surface area contributed by atoms with Crippen LogP contribution in [0.1, 0.15) is 11.7 Å². The van der Waals surface area contributed by atoms with Gasteiger partial charge < -0.3 is 14.6 Å². The number of halogens is 2. The van der Waals surface area contributed by atoms with Crippen LogP contribution in [0, 0.1) is 11.6 Å². The predicted octanol–water partition coefficient (Wildman–Crippen LogP) is 1.66. The topological polar surface area (TPSA) is 38.7 Å². The van der Waals surface area contributed by atoms with Crippen molar-refractivity contribution in [2.24, 2.45) is 0 Å². The Morgan fingerprint density at radius 2 is 2.06 bits per heavy atom. The Labute approximate surface area is 92.6 Å². The van der Waals surface area contributed by atoms with Crippen molar-refractivity contribution in [2.75, 3.05) is 26.9 Å². The molecule has 1 rings (SSSR count). The normalized spacial score (nSPS) is 12.8. The molecule has 0 aliphatic heterocycles. The molecule has 0 saturated heterocycles. The molecule has 0 aromatic heterocycles. The summed E-state index contributed by atoms with van der Waals surface area (Å²) >= 11 is 0. The van der Waals surface area contributed by atoms with Crippen molar-refractivity contribution in [2.45, 2.75) is 6.10 Å². The molecule has 0 amide bonds. The summed E-state index contributed by atoms with van der Waals surface area (Å²) in [5.41, 5.74) is -0.0996. The van der Waals surface area contributed by atoms with Gasteiger partial charge in [-0.1, -0.05) is 0 Å². The molecule has 1 atom stereocenters. The number of rotatable bonds is 6. The lowest BCUT2D eigenvalue weighted by molar-refractivity contribution is 0.0113. The molecule has 1 N–H and O–H groups in total. The second kappa shape index (κ2) is 6.52. The quantitative estimate of drug-likeness (QED) is 0.758. The van der Waals surface area contributed by atoms with Gasteiger partial charge in [-0.05, 0) is 18.2 Å². The van der Waals surface area contributed by atoms with Crippen LogP contribution in [0.5, 0.6) is 0 Å². The predicted molar refractivity (Wildman–Crippen MR) is 54.0 cm³/mol. The van der Waals surface area contributed by atoms with Gasteiger partial charge in [0.15, 0.2) is 0 Å². The Morgan fingerprint density at radius 3 is 2.75 bits per heavy atom. The molecule has 1 aromatic rings. The monoisotopic (exact) mass is 232 g/mol. The smallest absolute Gasteiger partial charge is 0.129 e. The summed E-state index contributed by atoms with van der Waals surface area (Å²) in [6.45, 7) is 0.590. The van der Waals surface area contributed by atoms with Crippen LogP contribution in [-0.4, -0.2) is 32.0 Å². The van der Waals surface area contributed by atoms with Crippen molar-refractivity contribution in [3.8, 4) is 0 Å². The van der Waals surface area contributed by atoms with Crippen molar-refractivity contribution in [3.63, 3.8) is 0 Å². The number of hydrogen-bond acceptors (Lipinski definition) is 3. The summed E-state index contributed by atoms with van der Waals surface area (Å²) in [6, 6.07) is 2.93. The largest absolute Gasteiger partial charge is 0.386 e. The summed E-state index contributed by atoms with van der Waals surface area (Å²) in [5, 5.41) is 9.55. The second-order valence-corrected chi connectivity index (χ2v) is 3.25. The van der Waals surface area contributed by atoms with E-state index in [1.54, 1.807) is 0 Å². The molecule has 0 saturated carbocycles. The molecule has 1 unspecified atom stereocenters. The third kappa shape index (κ3) is 3.84. The number of methoxy groups -OCH3 is 1. The molecule has 16 heavy (non-hydrogen) atoms. The molecular formula is C11H14F2O3. The first-order valence-electron chi connectivity index (χ1n) is 4.85. The fourth-order valence-electron chi connectivity index (χ4n) is 1.20. The van der Waals surface area contributed by atoms with E-state index in [2.05, 4.69) is 0 Å². The molecule has 0 aliphatic carbocycles. The maximum Gasteiger partial charge on any atom is 0.129 e. The summed E-state index contributed by atoms with van der Waals surface area (Å²) < 4.78 is 35.8. The van der Waals surface area contributed by atoms with Crippen LogP contribution in [0.2, 0.25) is 0 Å². The van der Waals surface area contributed by atoms with Gasteiger partial charge >= 0.3 is 0 Å². The Kier molecular flexibility index (Phi) is 5.31. The van der Waals surface area contributed by atoms with Gasteiger partial charge in [0, 0.05) is 12.7 Å². The average molecular weight is 232 g/mol. The van der Waals surface area contributed by atoms with Gasteiger partial charge in [-0.2, -0.15) is 0 Å². The molecule has 0 heterocycles. The van der Waals surface area contributed by atoms with Gasteiger partial charge in [0.25, 0.3) is 0 Å². The van der Waals surface area contributed by atoms with Crippen molar-refractivity contribution >= 4 is 0 Å². The molecule has 0 radical (unpaired) electrons. The zero-order valence-electron chi connectivity index (χ0n) is 8.95. The van der Waals surface area contributed by atoms with Gasteiger partial charge in [-0.3, -0.25) is 0 Å². The standard InChI is InChI=1S/C11H14F2O3/c1-15-4-5-16-7-11(14)9-6-8(12)2-3-10(9)13/h2-3,6,11,14H,4-5,7H2,1H3. The van der Waals surface area contributed by atoms with E-state index < -0.39 is 17.7 Å². The third-order valence-electron chi connectivity index (χ3n) is 2.02. The molecular weight excluding hydrogens is 218 g/mol. The highest BCUT2D eigenvalue weighted by molar-refractivity contribution is 5.21. The van der Waals surface area contributed by atoms with Gasteiger partial charge in [0.2, 0.25) is 0 Å². The van der Waals surface area contributed by atoms with E-state index in [0.29, 0.717) is 13.2 Å². The zero-order chi connectivity index (χ0) is 12.0. The van der Waals surface area contributed by atoms with Crippen molar-refractivity contribution < 1.29 is 23.4 Å². The van der Waals surface area contributed by atoms with Gasteiger partial charge in [0.1, 0.15) is 17.7 Å². The first-order chi connectivity index (χ1) is 7.65. The van der Waals surface area contributed by atoms with Gasteiger partial charge in [-0.15, -0.1) is 0 Å². The molecule has 0 fully saturated rings. The van der Waals surface area contributed by atoms with Gasteiger partial charge in [0.05, 0.1) is 19.8 Å². The van der Waals surface area contributed by atoms with Crippen LogP contribution in [0.25, 0.3) is 0 Å². The first-order valence-corrected chi connectivity index (χ1v) is 4.85. The van der Waals surface area contributed by atoms with Crippen LogP contribution >= 0.6 is 0 Å². The van der Waals surface area contributed by atoms with Crippen molar-refractivity contribution in [3.05, 3.63) is 35.4 Å². The highest BCUT2D eigenvalue weighted by Gasteiger charge is 2.13.